The van der Waals surface area contributed by atoms with Crippen molar-refractivity contribution in [2.45, 2.75) is 19.5 Å². The van der Waals surface area contributed by atoms with Gasteiger partial charge in [-0.3, -0.25) is 0 Å². The molecule has 96 valence electrons. The maximum atomic E-state index is 4.71. The van der Waals surface area contributed by atoms with Gasteiger partial charge in [0.05, 0.1) is 6.54 Å². The fourth-order valence-corrected chi connectivity index (χ4v) is 2.11. The molecule has 0 bridgehead atoms. The fourth-order valence-electron chi connectivity index (χ4n) is 2.11. The van der Waals surface area contributed by atoms with Crippen LogP contribution in [0.2, 0.25) is 0 Å². The summed E-state index contributed by atoms with van der Waals surface area (Å²) in [7, 11) is 0. The molecule has 0 fully saturated rings. The fraction of sp³-hybridized carbons (Fsp3) is 0.200. The van der Waals surface area contributed by atoms with Crippen molar-refractivity contribution in [3.63, 3.8) is 0 Å². The third kappa shape index (κ3) is 2.63. The standard InChI is InChI=1S/C15H15N3O/c1-11(16-9-15-17-10-19-18-15)13-7-6-12-4-2-3-5-14(12)8-13/h2-8,10-11,16H,9H2,1H3. The lowest BCUT2D eigenvalue weighted by Crippen LogP contribution is -2.18. The second-order valence-electron chi connectivity index (χ2n) is 4.56. The van der Waals surface area contributed by atoms with Crippen LogP contribution in [0.25, 0.3) is 10.8 Å². The SMILES string of the molecule is CC(NCc1ncon1)c1ccc2ccccc2c1. The van der Waals surface area contributed by atoms with Crippen LogP contribution >= 0.6 is 0 Å². The summed E-state index contributed by atoms with van der Waals surface area (Å²) in [5.74, 6) is 0.674. The van der Waals surface area contributed by atoms with Crippen LogP contribution in [0.15, 0.2) is 53.4 Å². The summed E-state index contributed by atoms with van der Waals surface area (Å²) < 4.78 is 4.71. The largest absolute Gasteiger partial charge is 0.343 e. The first kappa shape index (κ1) is 11.9. The van der Waals surface area contributed by atoms with E-state index in [9.17, 15) is 0 Å². The number of nitrogens with zero attached hydrogens (tertiary/aromatic N) is 2. The smallest absolute Gasteiger partial charge is 0.213 e. The van der Waals surface area contributed by atoms with E-state index >= 15 is 0 Å². The summed E-state index contributed by atoms with van der Waals surface area (Å²) >= 11 is 0. The number of hydrogen-bond acceptors (Lipinski definition) is 4. The minimum Gasteiger partial charge on any atom is -0.343 e. The molecule has 4 heteroatoms. The van der Waals surface area contributed by atoms with E-state index < -0.39 is 0 Å². The van der Waals surface area contributed by atoms with Crippen LogP contribution in [0.1, 0.15) is 24.4 Å². The van der Waals surface area contributed by atoms with E-state index in [1.807, 2.05) is 0 Å². The Morgan fingerprint density at radius 2 is 2.00 bits per heavy atom. The van der Waals surface area contributed by atoms with E-state index in [1.165, 1.54) is 22.7 Å². The Morgan fingerprint density at radius 1 is 1.16 bits per heavy atom. The number of nitrogens with one attached hydrogen (secondary N) is 1. The van der Waals surface area contributed by atoms with E-state index in [0.29, 0.717) is 12.4 Å². The van der Waals surface area contributed by atoms with Gasteiger partial charge in [0.1, 0.15) is 0 Å². The highest BCUT2D eigenvalue weighted by Gasteiger charge is 2.07. The van der Waals surface area contributed by atoms with Crippen molar-refractivity contribution in [3.05, 3.63) is 60.2 Å². The lowest BCUT2D eigenvalue weighted by atomic mass is 10.0. The highest BCUT2D eigenvalue weighted by Crippen LogP contribution is 2.20. The van der Waals surface area contributed by atoms with Crippen molar-refractivity contribution in [2.24, 2.45) is 0 Å². The van der Waals surface area contributed by atoms with E-state index in [4.69, 9.17) is 4.52 Å². The van der Waals surface area contributed by atoms with Crippen LogP contribution in [-0.2, 0) is 6.54 Å². The van der Waals surface area contributed by atoms with Crippen molar-refractivity contribution in [2.75, 3.05) is 0 Å². The molecule has 1 aromatic heterocycles. The van der Waals surface area contributed by atoms with Gasteiger partial charge in [-0.25, -0.2) is 0 Å². The molecule has 0 radical (unpaired) electrons. The maximum Gasteiger partial charge on any atom is 0.213 e. The van der Waals surface area contributed by atoms with Crippen LogP contribution in [0.4, 0.5) is 0 Å². The zero-order valence-electron chi connectivity index (χ0n) is 10.7. The second kappa shape index (κ2) is 5.20. The summed E-state index contributed by atoms with van der Waals surface area (Å²) in [5.41, 5.74) is 1.25. The molecule has 0 aliphatic heterocycles. The second-order valence-corrected chi connectivity index (χ2v) is 4.56. The van der Waals surface area contributed by atoms with Crippen molar-refractivity contribution >= 4 is 10.8 Å². The number of aromatic nitrogens is 2. The molecule has 19 heavy (non-hydrogen) atoms. The van der Waals surface area contributed by atoms with E-state index in [1.54, 1.807) is 0 Å². The number of hydrogen-bond donors (Lipinski definition) is 1. The van der Waals surface area contributed by atoms with Crippen molar-refractivity contribution in [1.82, 2.24) is 15.5 Å². The molecule has 3 rings (SSSR count). The van der Waals surface area contributed by atoms with E-state index in [2.05, 4.69) is 64.8 Å². The van der Waals surface area contributed by atoms with Gasteiger partial charge in [-0.05, 0) is 29.3 Å². The molecule has 1 heterocycles. The highest BCUT2D eigenvalue weighted by atomic mass is 16.5. The minimum absolute atomic E-state index is 0.239. The molecule has 1 atom stereocenters. The Bertz CT molecular complexity index is 664. The Morgan fingerprint density at radius 3 is 2.79 bits per heavy atom. The van der Waals surface area contributed by atoms with Gasteiger partial charge in [0.15, 0.2) is 5.82 Å². The van der Waals surface area contributed by atoms with Gasteiger partial charge in [-0.15, -0.1) is 0 Å². The average molecular weight is 253 g/mol. The first-order chi connectivity index (χ1) is 9.33. The predicted octanol–water partition coefficient (Wildman–Crippen LogP) is 3.07. The first-order valence-corrected chi connectivity index (χ1v) is 6.30. The third-order valence-corrected chi connectivity index (χ3v) is 3.25. The zero-order chi connectivity index (χ0) is 13.1. The van der Waals surface area contributed by atoms with Crippen LogP contribution in [0.5, 0.6) is 0 Å². The highest BCUT2D eigenvalue weighted by molar-refractivity contribution is 5.83. The molecule has 1 N–H and O–H groups in total. The average Bonchev–Trinajstić information content (AvgIpc) is 2.97. The number of rotatable bonds is 4. The Hall–Kier alpha value is -2.20. The molecule has 0 aliphatic rings. The zero-order valence-corrected chi connectivity index (χ0v) is 10.7. The molecule has 1 unspecified atom stereocenters. The van der Waals surface area contributed by atoms with Gasteiger partial charge in [0.2, 0.25) is 6.39 Å². The summed E-state index contributed by atoms with van der Waals surface area (Å²) in [4.78, 5) is 3.99. The van der Waals surface area contributed by atoms with Gasteiger partial charge in [-0.2, -0.15) is 4.98 Å². The van der Waals surface area contributed by atoms with Crippen LogP contribution in [0.3, 0.4) is 0 Å². The molecule has 4 nitrogen and oxygen atoms in total. The minimum atomic E-state index is 0.239. The molecule has 0 spiro atoms. The topological polar surface area (TPSA) is 51.0 Å². The maximum absolute atomic E-state index is 4.71. The lowest BCUT2D eigenvalue weighted by molar-refractivity contribution is 0.405. The van der Waals surface area contributed by atoms with Gasteiger partial charge < -0.3 is 9.84 Å². The molecule has 3 aromatic rings. The lowest BCUT2D eigenvalue weighted by Gasteiger charge is -2.13. The van der Waals surface area contributed by atoms with Crippen LogP contribution in [-0.4, -0.2) is 10.1 Å². The van der Waals surface area contributed by atoms with Gasteiger partial charge >= 0.3 is 0 Å². The van der Waals surface area contributed by atoms with E-state index in [-0.39, 0.29) is 6.04 Å². The summed E-state index contributed by atoms with van der Waals surface area (Å²) in [5, 5.41) is 9.68. The van der Waals surface area contributed by atoms with Crippen LogP contribution in [0, 0.1) is 0 Å². The summed E-state index contributed by atoms with van der Waals surface area (Å²) in [6.07, 6.45) is 1.34. The third-order valence-electron chi connectivity index (χ3n) is 3.25. The number of benzene rings is 2. The Kier molecular flexibility index (Phi) is 3.25. The Balaban J connectivity index is 1.75. The van der Waals surface area contributed by atoms with Crippen molar-refractivity contribution in [1.29, 1.82) is 0 Å². The van der Waals surface area contributed by atoms with Gasteiger partial charge in [0.25, 0.3) is 0 Å². The van der Waals surface area contributed by atoms with Crippen LogP contribution < -0.4 is 5.32 Å². The predicted molar refractivity (Wildman–Crippen MR) is 73.5 cm³/mol. The van der Waals surface area contributed by atoms with E-state index in [0.717, 1.165) is 0 Å². The van der Waals surface area contributed by atoms with Crippen molar-refractivity contribution < 1.29 is 4.52 Å². The Labute approximate surface area is 111 Å². The summed E-state index contributed by atoms with van der Waals surface area (Å²) in [6, 6.07) is 15.1. The number of fused-ring (bicyclic) bond motifs is 1. The molecule has 2 aromatic carbocycles. The monoisotopic (exact) mass is 253 g/mol. The van der Waals surface area contributed by atoms with Gasteiger partial charge in [-0.1, -0.05) is 41.6 Å². The summed E-state index contributed by atoms with van der Waals surface area (Å²) in [6.45, 7) is 2.73. The normalized spacial score (nSPS) is 12.7. The van der Waals surface area contributed by atoms with Crippen molar-refractivity contribution in [3.8, 4) is 0 Å². The molecule has 0 amide bonds. The molecule has 0 saturated heterocycles. The molecular formula is C15H15N3O. The molecular weight excluding hydrogens is 238 g/mol. The van der Waals surface area contributed by atoms with Gasteiger partial charge in [0, 0.05) is 6.04 Å². The molecule has 0 saturated carbocycles. The quantitative estimate of drug-likeness (QED) is 0.776. The molecule has 0 aliphatic carbocycles. The first-order valence-electron chi connectivity index (χ1n) is 6.30.